The summed E-state index contributed by atoms with van der Waals surface area (Å²) in [5.74, 6) is -1.65. The summed E-state index contributed by atoms with van der Waals surface area (Å²) in [6, 6.07) is 2.15. The number of ether oxygens (including phenoxy) is 1. The van der Waals surface area contributed by atoms with Crippen molar-refractivity contribution in [3.05, 3.63) is 40.4 Å². The Bertz CT molecular complexity index is 643. The second-order valence-electron chi connectivity index (χ2n) is 3.96. The topological polar surface area (TPSA) is 51.2 Å². The van der Waals surface area contributed by atoms with Crippen molar-refractivity contribution in [1.29, 1.82) is 0 Å². The van der Waals surface area contributed by atoms with E-state index in [1.165, 1.54) is 12.3 Å². The summed E-state index contributed by atoms with van der Waals surface area (Å²) < 4.78 is 31.8. The van der Waals surface area contributed by atoms with Crippen LogP contribution in [-0.2, 0) is 4.74 Å². The Morgan fingerprint density at radius 1 is 1.40 bits per heavy atom. The molecule has 0 atom stereocenters. The highest BCUT2D eigenvalue weighted by molar-refractivity contribution is 7.14. The molecule has 1 aromatic heterocycles. The van der Waals surface area contributed by atoms with Gasteiger partial charge in [-0.3, -0.25) is 0 Å². The lowest BCUT2D eigenvalue weighted by Gasteiger charge is -2.06. The number of aromatic nitrogens is 1. The van der Waals surface area contributed by atoms with Gasteiger partial charge < -0.3 is 10.1 Å². The molecule has 0 saturated carbocycles. The first-order valence-electron chi connectivity index (χ1n) is 5.86. The number of esters is 1. The highest BCUT2D eigenvalue weighted by atomic mass is 32.1. The first-order chi connectivity index (χ1) is 9.51. The van der Waals surface area contributed by atoms with Crippen molar-refractivity contribution in [3.63, 3.8) is 0 Å². The van der Waals surface area contributed by atoms with E-state index >= 15 is 0 Å². The van der Waals surface area contributed by atoms with Crippen LogP contribution in [0.3, 0.4) is 0 Å². The maximum atomic E-state index is 13.7. The van der Waals surface area contributed by atoms with Crippen molar-refractivity contribution in [2.45, 2.75) is 13.8 Å². The van der Waals surface area contributed by atoms with Crippen molar-refractivity contribution in [2.24, 2.45) is 0 Å². The molecule has 20 heavy (non-hydrogen) atoms. The Morgan fingerprint density at radius 2 is 2.15 bits per heavy atom. The number of benzene rings is 1. The smallest absolute Gasteiger partial charge is 0.357 e. The second-order valence-corrected chi connectivity index (χ2v) is 4.82. The molecular formula is C13H12F2N2O2S. The zero-order chi connectivity index (χ0) is 14.7. The normalized spacial score (nSPS) is 10.4. The number of halogens is 2. The molecule has 0 bridgehead atoms. The number of nitrogens with zero attached hydrogens (tertiary/aromatic N) is 1. The number of hydrogen-bond donors (Lipinski definition) is 1. The van der Waals surface area contributed by atoms with Crippen LogP contribution in [0.1, 0.15) is 23.0 Å². The fourth-order valence-corrected chi connectivity index (χ4v) is 2.18. The Morgan fingerprint density at radius 3 is 2.85 bits per heavy atom. The third-order valence-corrected chi connectivity index (χ3v) is 3.24. The highest BCUT2D eigenvalue weighted by Gasteiger charge is 2.13. The average molecular weight is 298 g/mol. The molecule has 2 aromatic rings. The van der Waals surface area contributed by atoms with Crippen molar-refractivity contribution >= 4 is 28.1 Å². The zero-order valence-electron chi connectivity index (χ0n) is 10.9. The average Bonchev–Trinajstić information content (AvgIpc) is 2.85. The summed E-state index contributed by atoms with van der Waals surface area (Å²) in [5, 5.41) is 4.42. The molecule has 1 N–H and O–H groups in total. The lowest BCUT2D eigenvalue weighted by Crippen LogP contribution is -2.05. The third-order valence-electron chi connectivity index (χ3n) is 2.48. The first-order valence-corrected chi connectivity index (χ1v) is 6.74. The summed E-state index contributed by atoms with van der Waals surface area (Å²) in [6.07, 6.45) is 0. The van der Waals surface area contributed by atoms with Crippen molar-refractivity contribution in [2.75, 3.05) is 11.9 Å². The van der Waals surface area contributed by atoms with Gasteiger partial charge in [0.2, 0.25) is 0 Å². The van der Waals surface area contributed by atoms with Crippen LogP contribution in [0.5, 0.6) is 0 Å². The minimum Gasteiger partial charge on any atom is -0.461 e. The number of rotatable bonds is 4. The molecule has 2 rings (SSSR count). The minimum atomic E-state index is -0.586. The lowest BCUT2D eigenvalue weighted by molar-refractivity contribution is 0.0520. The van der Waals surface area contributed by atoms with Crippen LogP contribution in [0.4, 0.5) is 19.6 Å². The number of anilines is 2. The molecule has 106 valence electrons. The SMILES string of the molecule is CCOC(=O)c1csc(Nc2cc(F)c(C)cc2F)n1. The maximum absolute atomic E-state index is 13.7. The molecule has 0 aliphatic rings. The predicted molar refractivity (Wildman–Crippen MR) is 72.4 cm³/mol. The van der Waals surface area contributed by atoms with Crippen molar-refractivity contribution < 1.29 is 18.3 Å². The number of thiazole rings is 1. The van der Waals surface area contributed by atoms with Crippen LogP contribution in [0.15, 0.2) is 17.5 Å². The second kappa shape index (κ2) is 5.96. The van der Waals surface area contributed by atoms with E-state index in [4.69, 9.17) is 4.74 Å². The Labute approximate surface area is 118 Å². The van der Waals surface area contributed by atoms with E-state index in [1.807, 2.05) is 0 Å². The summed E-state index contributed by atoms with van der Waals surface area (Å²) in [7, 11) is 0. The predicted octanol–water partition coefficient (Wildman–Crippen LogP) is 3.65. The van der Waals surface area contributed by atoms with Crippen molar-refractivity contribution in [1.82, 2.24) is 4.98 Å². The molecule has 4 nitrogen and oxygen atoms in total. The van der Waals surface area contributed by atoms with Crippen LogP contribution in [0.2, 0.25) is 0 Å². The zero-order valence-corrected chi connectivity index (χ0v) is 11.7. The van der Waals surface area contributed by atoms with Gasteiger partial charge in [-0.2, -0.15) is 0 Å². The van der Waals surface area contributed by atoms with Gasteiger partial charge in [-0.05, 0) is 25.5 Å². The largest absolute Gasteiger partial charge is 0.461 e. The van der Waals surface area contributed by atoms with Crippen LogP contribution < -0.4 is 5.32 Å². The van der Waals surface area contributed by atoms with Gasteiger partial charge in [0.05, 0.1) is 12.3 Å². The molecule has 0 spiro atoms. The molecule has 0 aliphatic carbocycles. The Hall–Kier alpha value is -2.02. The quantitative estimate of drug-likeness (QED) is 0.875. The van der Waals surface area contributed by atoms with Crippen LogP contribution in [0, 0.1) is 18.6 Å². The van der Waals surface area contributed by atoms with Crippen LogP contribution in [0.25, 0.3) is 0 Å². The molecule has 0 amide bonds. The summed E-state index contributed by atoms with van der Waals surface area (Å²) in [6.45, 7) is 3.41. The van der Waals surface area contributed by atoms with Crippen LogP contribution in [-0.4, -0.2) is 17.6 Å². The summed E-state index contributed by atoms with van der Waals surface area (Å²) in [4.78, 5) is 15.4. The third kappa shape index (κ3) is 3.11. The van der Waals surface area contributed by atoms with Crippen LogP contribution >= 0.6 is 11.3 Å². The molecular weight excluding hydrogens is 286 g/mol. The van der Waals surface area contributed by atoms with Gasteiger partial charge in [-0.15, -0.1) is 11.3 Å². The van der Waals surface area contributed by atoms with Crippen molar-refractivity contribution in [3.8, 4) is 0 Å². The molecule has 0 unspecified atom stereocenters. The van der Waals surface area contributed by atoms with Gasteiger partial charge in [-0.1, -0.05) is 0 Å². The van der Waals surface area contributed by atoms with E-state index in [0.717, 1.165) is 23.5 Å². The lowest BCUT2D eigenvalue weighted by atomic mass is 10.2. The number of aryl methyl sites for hydroxylation is 1. The molecule has 1 aromatic carbocycles. The number of carbonyl (C=O) groups excluding carboxylic acids is 1. The monoisotopic (exact) mass is 298 g/mol. The number of carbonyl (C=O) groups is 1. The minimum absolute atomic E-state index is 0.0298. The van der Waals surface area contributed by atoms with Gasteiger partial charge >= 0.3 is 5.97 Å². The maximum Gasteiger partial charge on any atom is 0.357 e. The molecule has 0 saturated heterocycles. The molecule has 0 radical (unpaired) electrons. The van der Waals surface area contributed by atoms with E-state index < -0.39 is 17.6 Å². The Kier molecular flexibility index (Phi) is 4.29. The van der Waals surface area contributed by atoms with Gasteiger partial charge in [0, 0.05) is 11.4 Å². The van der Waals surface area contributed by atoms with E-state index in [-0.39, 0.29) is 28.7 Å². The molecule has 0 aliphatic heterocycles. The molecule has 7 heteroatoms. The van der Waals surface area contributed by atoms with Gasteiger partial charge in [-0.25, -0.2) is 18.6 Å². The first kappa shape index (κ1) is 14.4. The van der Waals surface area contributed by atoms with Gasteiger partial charge in [0.1, 0.15) is 11.6 Å². The molecule has 1 heterocycles. The van der Waals surface area contributed by atoms with E-state index in [2.05, 4.69) is 10.3 Å². The summed E-state index contributed by atoms with van der Waals surface area (Å²) in [5.41, 5.74) is 0.324. The highest BCUT2D eigenvalue weighted by Crippen LogP contribution is 2.25. The fraction of sp³-hybridized carbons (Fsp3) is 0.231. The standard InChI is InChI=1S/C13H12F2N2O2S/c1-3-19-12(18)11-6-20-13(17-11)16-10-5-8(14)7(2)4-9(10)15/h4-6H,3H2,1-2H3,(H,16,17). The fourth-order valence-electron chi connectivity index (χ4n) is 1.49. The molecule has 0 fully saturated rings. The Balaban J connectivity index is 2.19. The number of hydrogen-bond acceptors (Lipinski definition) is 5. The summed E-state index contributed by atoms with van der Waals surface area (Å²) >= 11 is 1.11. The van der Waals surface area contributed by atoms with E-state index in [9.17, 15) is 13.6 Å². The van der Waals surface area contributed by atoms with E-state index in [1.54, 1.807) is 6.92 Å². The van der Waals surface area contributed by atoms with Gasteiger partial charge in [0.25, 0.3) is 0 Å². The van der Waals surface area contributed by atoms with Gasteiger partial charge in [0.15, 0.2) is 10.8 Å². The van der Waals surface area contributed by atoms with E-state index in [0.29, 0.717) is 0 Å². The number of nitrogens with one attached hydrogen (secondary N) is 1.